The van der Waals surface area contributed by atoms with Gasteiger partial charge >= 0.3 is 6.09 Å². The average Bonchev–Trinajstić information content (AvgIpc) is 3.61. The van der Waals surface area contributed by atoms with Gasteiger partial charge in [-0.2, -0.15) is 5.26 Å². The number of likely N-dealkylation sites (tertiary alicyclic amines) is 1. The summed E-state index contributed by atoms with van der Waals surface area (Å²) in [6.45, 7) is 8.21. The zero-order valence-electron chi connectivity index (χ0n) is 25.0. The highest BCUT2D eigenvalue weighted by atomic mass is 16.6. The standard InChI is InChI=1S/C31H51N5O4/c1-31(2,3)40-30(39)34-25-13-15-35(21-25)28(37)18-24(16-22-8-5-4-6-9-22)29(38)36(27-12-14-33-20-27)26-11-7-10-23(17-26)19-32/h22-27,33H,4-18,20-21H2,1-3H3,(H,34,39). The van der Waals surface area contributed by atoms with Crippen LogP contribution in [-0.4, -0.2) is 77.6 Å². The van der Waals surface area contributed by atoms with E-state index in [1.165, 1.54) is 19.3 Å². The Balaban J connectivity index is 1.45. The third-order valence-corrected chi connectivity index (χ3v) is 9.28. The summed E-state index contributed by atoms with van der Waals surface area (Å²) in [5, 5.41) is 16.0. The van der Waals surface area contributed by atoms with Crippen molar-refractivity contribution in [2.75, 3.05) is 26.2 Å². The summed E-state index contributed by atoms with van der Waals surface area (Å²) >= 11 is 0. The van der Waals surface area contributed by atoms with Crippen molar-refractivity contribution in [1.29, 1.82) is 5.26 Å². The second-order valence-electron chi connectivity index (χ2n) is 13.7. The van der Waals surface area contributed by atoms with Crippen molar-refractivity contribution in [1.82, 2.24) is 20.4 Å². The fourth-order valence-corrected chi connectivity index (χ4v) is 7.29. The Kier molecular flexibility index (Phi) is 10.7. The monoisotopic (exact) mass is 557 g/mol. The minimum atomic E-state index is -0.572. The van der Waals surface area contributed by atoms with E-state index < -0.39 is 11.7 Å². The Bertz CT molecular complexity index is 916. The van der Waals surface area contributed by atoms with Crippen LogP contribution in [0.1, 0.15) is 104 Å². The van der Waals surface area contributed by atoms with Crippen molar-refractivity contribution in [2.45, 2.75) is 128 Å². The molecule has 9 nitrogen and oxygen atoms in total. The number of hydrogen-bond donors (Lipinski definition) is 2. The maximum Gasteiger partial charge on any atom is 0.407 e. The number of hydrogen-bond acceptors (Lipinski definition) is 6. The molecule has 224 valence electrons. The first-order valence-electron chi connectivity index (χ1n) is 15.8. The molecule has 0 spiro atoms. The fraction of sp³-hybridized carbons (Fsp3) is 0.871. The largest absolute Gasteiger partial charge is 0.444 e. The maximum absolute atomic E-state index is 14.5. The van der Waals surface area contributed by atoms with E-state index in [1.54, 1.807) is 0 Å². The molecule has 3 amide bonds. The van der Waals surface area contributed by atoms with E-state index in [2.05, 4.69) is 21.6 Å². The Morgan fingerprint density at radius 2 is 1.82 bits per heavy atom. The number of ether oxygens (including phenoxy) is 1. The van der Waals surface area contributed by atoms with E-state index in [0.29, 0.717) is 25.4 Å². The zero-order chi connectivity index (χ0) is 28.7. The SMILES string of the molecule is CC(C)(C)OC(=O)NC1CCN(C(=O)CC(CC2CCCCC2)C(=O)N(C2CCNC2)C2CCCC(C#N)C2)C1. The molecular formula is C31H51N5O4. The van der Waals surface area contributed by atoms with Crippen LogP contribution in [0.2, 0.25) is 0 Å². The highest BCUT2D eigenvalue weighted by Gasteiger charge is 2.40. The van der Waals surface area contributed by atoms with Gasteiger partial charge in [0.2, 0.25) is 11.8 Å². The summed E-state index contributed by atoms with van der Waals surface area (Å²) in [7, 11) is 0. The average molecular weight is 558 g/mol. The molecule has 0 aromatic rings. The lowest BCUT2D eigenvalue weighted by atomic mass is 9.80. The minimum Gasteiger partial charge on any atom is -0.444 e. The Morgan fingerprint density at radius 1 is 1.05 bits per heavy atom. The van der Waals surface area contributed by atoms with Gasteiger partial charge in [0.15, 0.2) is 0 Å². The molecule has 9 heteroatoms. The van der Waals surface area contributed by atoms with Gasteiger partial charge in [-0.1, -0.05) is 38.5 Å². The van der Waals surface area contributed by atoms with E-state index >= 15 is 0 Å². The van der Waals surface area contributed by atoms with Crippen LogP contribution in [0.3, 0.4) is 0 Å². The van der Waals surface area contributed by atoms with E-state index in [1.807, 2.05) is 25.7 Å². The van der Waals surface area contributed by atoms with Crippen LogP contribution in [0.4, 0.5) is 4.79 Å². The number of carbonyl (C=O) groups is 3. The van der Waals surface area contributed by atoms with Gasteiger partial charge in [-0.25, -0.2) is 4.79 Å². The molecule has 4 rings (SSSR count). The van der Waals surface area contributed by atoms with Gasteiger partial charge in [0.1, 0.15) is 5.60 Å². The topological polar surface area (TPSA) is 115 Å². The van der Waals surface area contributed by atoms with Crippen molar-refractivity contribution in [3.8, 4) is 6.07 Å². The summed E-state index contributed by atoms with van der Waals surface area (Å²) in [6, 6.07) is 2.53. The second-order valence-corrected chi connectivity index (χ2v) is 13.7. The molecule has 2 aliphatic heterocycles. The van der Waals surface area contributed by atoms with Crippen LogP contribution in [0, 0.1) is 29.1 Å². The molecule has 2 aliphatic carbocycles. The van der Waals surface area contributed by atoms with E-state index in [0.717, 1.165) is 64.5 Å². The van der Waals surface area contributed by atoms with Crippen molar-refractivity contribution in [3.63, 3.8) is 0 Å². The zero-order valence-corrected chi connectivity index (χ0v) is 25.0. The van der Waals surface area contributed by atoms with Crippen molar-refractivity contribution in [2.24, 2.45) is 17.8 Å². The quantitative estimate of drug-likeness (QED) is 0.458. The predicted molar refractivity (Wildman–Crippen MR) is 153 cm³/mol. The normalized spacial score (nSPS) is 28.5. The molecule has 2 heterocycles. The van der Waals surface area contributed by atoms with Crippen molar-refractivity contribution < 1.29 is 19.1 Å². The smallest absolute Gasteiger partial charge is 0.407 e. The highest BCUT2D eigenvalue weighted by molar-refractivity contribution is 5.86. The van der Waals surface area contributed by atoms with E-state index in [-0.39, 0.29) is 48.2 Å². The molecule has 40 heavy (non-hydrogen) atoms. The molecule has 0 bridgehead atoms. The van der Waals surface area contributed by atoms with Gasteiger partial charge < -0.3 is 25.2 Å². The van der Waals surface area contributed by atoms with Gasteiger partial charge in [-0.15, -0.1) is 0 Å². The predicted octanol–water partition coefficient (Wildman–Crippen LogP) is 4.36. The lowest BCUT2D eigenvalue weighted by Crippen LogP contribution is -2.52. The summed E-state index contributed by atoms with van der Waals surface area (Å²) in [6.07, 6.45) is 11.6. The minimum absolute atomic E-state index is 0.000783. The van der Waals surface area contributed by atoms with Crippen LogP contribution in [-0.2, 0) is 14.3 Å². The third kappa shape index (κ3) is 8.58. The highest BCUT2D eigenvalue weighted by Crippen LogP contribution is 2.35. The van der Waals surface area contributed by atoms with Gasteiger partial charge in [-0.05, 0) is 71.8 Å². The van der Waals surface area contributed by atoms with E-state index in [4.69, 9.17) is 4.74 Å². The third-order valence-electron chi connectivity index (χ3n) is 9.28. The van der Waals surface area contributed by atoms with E-state index in [9.17, 15) is 19.6 Å². The molecule has 0 radical (unpaired) electrons. The Morgan fingerprint density at radius 3 is 2.50 bits per heavy atom. The van der Waals surface area contributed by atoms with Gasteiger partial charge in [0.25, 0.3) is 0 Å². The molecule has 4 aliphatic rings. The first-order chi connectivity index (χ1) is 19.1. The van der Waals surface area contributed by atoms with Crippen LogP contribution in [0.15, 0.2) is 0 Å². The molecule has 2 saturated heterocycles. The lowest BCUT2D eigenvalue weighted by molar-refractivity contribution is -0.146. The summed E-state index contributed by atoms with van der Waals surface area (Å²) in [5.74, 6) is 0.277. The molecule has 2 saturated carbocycles. The molecule has 5 atom stereocenters. The Labute approximate surface area is 240 Å². The van der Waals surface area contributed by atoms with Crippen LogP contribution >= 0.6 is 0 Å². The number of carbonyl (C=O) groups excluding carboxylic acids is 3. The molecule has 0 aromatic heterocycles. The Hall–Kier alpha value is -2.34. The molecule has 0 aromatic carbocycles. The molecule has 4 fully saturated rings. The summed E-state index contributed by atoms with van der Waals surface area (Å²) in [5.41, 5.74) is -0.572. The molecule has 5 unspecified atom stereocenters. The molecular weight excluding hydrogens is 506 g/mol. The van der Waals surface area contributed by atoms with Crippen LogP contribution in [0.25, 0.3) is 0 Å². The number of rotatable bonds is 8. The number of amides is 3. The van der Waals surface area contributed by atoms with Gasteiger partial charge in [0, 0.05) is 50.0 Å². The lowest BCUT2D eigenvalue weighted by Gasteiger charge is -2.42. The first kappa shape index (κ1) is 30.6. The van der Waals surface area contributed by atoms with Crippen LogP contribution in [0.5, 0.6) is 0 Å². The first-order valence-corrected chi connectivity index (χ1v) is 15.8. The summed E-state index contributed by atoms with van der Waals surface area (Å²) < 4.78 is 5.40. The van der Waals surface area contributed by atoms with Crippen molar-refractivity contribution in [3.05, 3.63) is 0 Å². The number of alkyl carbamates (subject to hydrolysis) is 1. The molecule has 2 N–H and O–H groups in total. The van der Waals surface area contributed by atoms with Gasteiger partial charge in [-0.3, -0.25) is 9.59 Å². The fourth-order valence-electron chi connectivity index (χ4n) is 7.29. The number of nitrogens with one attached hydrogen (secondary N) is 2. The number of nitrogens with zero attached hydrogens (tertiary/aromatic N) is 3. The maximum atomic E-state index is 14.5. The van der Waals surface area contributed by atoms with Crippen molar-refractivity contribution >= 4 is 17.9 Å². The number of nitriles is 1. The second kappa shape index (κ2) is 14.0. The van der Waals surface area contributed by atoms with Crippen LogP contribution < -0.4 is 10.6 Å². The van der Waals surface area contributed by atoms with Gasteiger partial charge in [0.05, 0.1) is 12.1 Å². The summed E-state index contributed by atoms with van der Waals surface area (Å²) in [4.78, 5) is 44.3.